The van der Waals surface area contributed by atoms with Crippen molar-refractivity contribution in [1.82, 2.24) is 14.9 Å². The molecule has 178 valence electrons. The smallest absolute Gasteiger partial charge is 0.230 e. The number of ether oxygens (including phenoxy) is 1. The van der Waals surface area contributed by atoms with Crippen molar-refractivity contribution in [3.63, 3.8) is 0 Å². The summed E-state index contributed by atoms with van der Waals surface area (Å²) in [5.41, 5.74) is 5.26. The van der Waals surface area contributed by atoms with Gasteiger partial charge in [0.15, 0.2) is 9.84 Å². The average Bonchev–Trinajstić information content (AvgIpc) is 3.13. The molecule has 1 heterocycles. The van der Waals surface area contributed by atoms with E-state index < -0.39 is 9.84 Å². The normalized spacial score (nSPS) is 13.0. The van der Waals surface area contributed by atoms with Crippen molar-refractivity contribution in [3.05, 3.63) is 77.0 Å². The van der Waals surface area contributed by atoms with E-state index in [0.29, 0.717) is 18.2 Å². The largest absolute Gasteiger partial charge is 0.439 e. The Morgan fingerprint density at radius 1 is 1.12 bits per heavy atom. The van der Waals surface area contributed by atoms with E-state index in [1.54, 1.807) is 12.3 Å². The van der Waals surface area contributed by atoms with Crippen LogP contribution in [-0.4, -0.2) is 49.7 Å². The van der Waals surface area contributed by atoms with Crippen molar-refractivity contribution in [2.24, 2.45) is 0 Å². The predicted molar refractivity (Wildman–Crippen MR) is 136 cm³/mol. The van der Waals surface area contributed by atoms with Gasteiger partial charge in [0.25, 0.3) is 0 Å². The van der Waals surface area contributed by atoms with Gasteiger partial charge in [0.2, 0.25) is 11.8 Å². The second-order valence-corrected chi connectivity index (χ2v) is 11.1. The molecule has 7 nitrogen and oxygen atoms in total. The molecule has 1 aliphatic rings. The number of fused-ring (bicyclic) bond motifs is 1. The number of nitrogens with zero attached hydrogens (tertiary/aromatic N) is 3. The fourth-order valence-corrected chi connectivity index (χ4v) is 5.32. The third-order valence-corrected chi connectivity index (χ3v) is 7.16. The van der Waals surface area contributed by atoms with Crippen LogP contribution < -0.4 is 10.1 Å². The first-order chi connectivity index (χ1) is 16.3. The van der Waals surface area contributed by atoms with E-state index in [4.69, 9.17) is 4.74 Å². The van der Waals surface area contributed by atoms with Crippen molar-refractivity contribution in [2.75, 3.05) is 31.7 Å². The van der Waals surface area contributed by atoms with Crippen LogP contribution in [0.2, 0.25) is 0 Å². The highest BCUT2D eigenvalue weighted by Gasteiger charge is 2.13. The third-order valence-electron chi connectivity index (χ3n) is 5.47. The van der Waals surface area contributed by atoms with Gasteiger partial charge in [0, 0.05) is 18.0 Å². The van der Waals surface area contributed by atoms with Gasteiger partial charge in [-0.25, -0.2) is 13.4 Å². The van der Waals surface area contributed by atoms with Gasteiger partial charge in [-0.3, -0.25) is 0 Å². The Labute approximate surface area is 201 Å². The van der Waals surface area contributed by atoms with Crippen LogP contribution in [0.1, 0.15) is 30.0 Å². The molecule has 0 spiro atoms. The lowest BCUT2D eigenvalue weighted by molar-refractivity contribution is 0.408. The molecule has 0 bridgehead atoms. The number of benzene rings is 2. The Balaban J connectivity index is 1.41. The van der Waals surface area contributed by atoms with Crippen LogP contribution in [0, 0.1) is 0 Å². The third kappa shape index (κ3) is 6.65. The molecule has 0 amide bonds. The maximum absolute atomic E-state index is 12.5. The Morgan fingerprint density at radius 2 is 1.97 bits per heavy atom. The molecular formula is C26H30N4O3S. The molecule has 0 radical (unpaired) electrons. The molecule has 0 fully saturated rings. The highest BCUT2D eigenvalue weighted by Crippen LogP contribution is 2.30. The number of allylic oxidation sites excluding steroid dienone is 1. The number of nitrogens with one attached hydrogen (secondary N) is 1. The molecule has 34 heavy (non-hydrogen) atoms. The van der Waals surface area contributed by atoms with Gasteiger partial charge in [0.05, 0.1) is 11.5 Å². The van der Waals surface area contributed by atoms with Crippen LogP contribution in [0.25, 0.3) is 6.08 Å². The zero-order valence-electron chi connectivity index (χ0n) is 19.8. The molecule has 0 saturated carbocycles. The fourth-order valence-electron chi connectivity index (χ4n) is 3.92. The van der Waals surface area contributed by atoms with Crippen LogP contribution in [0.15, 0.2) is 60.3 Å². The molecule has 0 atom stereocenters. The van der Waals surface area contributed by atoms with Crippen LogP contribution >= 0.6 is 0 Å². The fraction of sp³-hybridized carbons (Fsp3) is 0.308. The molecule has 4 rings (SSSR count). The summed E-state index contributed by atoms with van der Waals surface area (Å²) in [6.07, 6.45) is 5.40. The zero-order valence-corrected chi connectivity index (χ0v) is 20.6. The number of rotatable bonds is 10. The highest BCUT2D eigenvalue weighted by atomic mass is 32.2. The van der Waals surface area contributed by atoms with Gasteiger partial charge in [-0.05, 0) is 81.4 Å². The van der Waals surface area contributed by atoms with Crippen molar-refractivity contribution in [3.8, 4) is 11.6 Å². The van der Waals surface area contributed by atoms with Crippen molar-refractivity contribution < 1.29 is 13.2 Å². The van der Waals surface area contributed by atoms with Gasteiger partial charge >= 0.3 is 0 Å². The van der Waals surface area contributed by atoms with Gasteiger partial charge in [-0.15, -0.1) is 0 Å². The topological polar surface area (TPSA) is 84.4 Å². The van der Waals surface area contributed by atoms with Crippen LogP contribution in [0.3, 0.4) is 0 Å². The molecule has 0 saturated heterocycles. The molecule has 3 aromatic rings. The Morgan fingerprint density at radius 3 is 2.79 bits per heavy atom. The summed E-state index contributed by atoms with van der Waals surface area (Å²) in [7, 11) is 0.698. The Bertz CT molecular complexity index is 1300. The predicted octanol–water partition coefficient (Wildman–Crippen LogP) is 4.84. The quantitative estimate of drug-likeness (QED) is 0.446. The Kier molecular flexibility index (Phi) is 7.29. The summed E-state index contributed by atoms with van der Waals surface area (Å²) in [5.74, 6) is 1.70. The lowest BCUT2D eigenvalue weighted by Gasteiger charge is -2.11. The minimum atomic E-state index is -3.18. The standard InChI is InChI=1S/C26H30N4O3S/c1-19-14-21-8-9-24(17-22(21)15-19)33-25-10-11-27-26(29-25)28-23-7-4-6-20(16-23)18-34(31,32)13-5-12-30(2)3/h4,6-11,15-17H,5,12-14,18H2,1-3H3,(H,27,28,29). The summed E-state index contributed by atoms with van der Waals surface area (Å²) in [5, 5.41) is 3.15. The molecule has 8 heteroatoms. The molecule has 2 aromatic carbocycles. The van der Waals surface area contributed by atoms with E-state index in [2.05, 4.69) is 34.4 Å². The van der Waals surface area contributed by atoms with Gasteiger partial charge in [0.1, 0.15) is 5.75 Å². The van der Waals surface area contributed by atoms with E-state index in [-0.39, 0.29) is 11.5 Å². The summed E-state index contributed by atoms with van der Waals surface area (Å²) < 4.78 is 30.9. The number of aromatic nitrogens is 2. The molecule has 1 aromatic heterocycles. The lowest BCUT2D eigenvalue weighted by Crippen LogP contribution is -2.18. The first kappa shape index (κ1) is 23.9. The monoisotopic (exact) mass is 478 g/mol. The van der Waals surface area contributed by atoms with E-state index in [1.165, 1.54) is 16.7 Å². The van der Waals surface area contributed by atoms with Gasteiger partial charge in [-0.2, -0.15) is 4.98 Å². The minimum absolute atomic E-state index is 0.00616. The SMILES string of the molecule is CC1=Cc2cc(Oc3ccnc(Nc4cccc(CS(=O)(=O)CCCN(C)C)c4)n3)ccc2C1. The zero-order chi connectivity index (χ0) is 24.1. The van der Waals surface area contributed by atoms with Gasteiger partial charge < -0.3 is 15.0 Å². The maximum Gasteiger partial charge on any atom is 0.230 e. The molecule has 1 N–H and O–H groups in total. The van der Waals surface area contributed by atoms with Crippen LogP contribution in [0.5, 0.6) is 11.6 Å². The Hall–Kier alpha value is -3.23. The van der Waals surface area contributed by atoms with Crippen molar-refractivity contribution in [1.29, 1.82) is 0 Å². The van der Waals surface area contributed by atoms with E-state index in [0.717, 1.165) is 30.0 Å². The number of hydrogen-bond acceptors (Lipinski definition) is 7. The summed E-state index contributed by atoms with van der Waals surface area (Å²) in [4.78, 5) is 10.7. The second-order valence-electron chi connectivity index (χ2n) is 8.92. The lowest BCUT2D eigenvalue weighted by atomic mass is 10.1. The summed E-state index contributed by atoms with van der Waals surface area (Å²) in [6, 6.07) is 15.1. The van der Waals surface area contributed by atoms with Crippen molar-refractivity contribution >= 4 is 27.5 Å². The second kappa shape index (κ2) is 10.4. The first-order valence-corrected chi connectivity index (χ1v) is 13.1. The molecule has 0 unspecified atom stereocenters. The van der Waals surface area contributed by atoms with Crippen LogP contribution in [-0.2, 0) is 22.0 Å². The number of sulfone groups is 1. The van der Waals surface area contributed by atoms with E-state index in [9.17, 15) is 8.42 Å². The molecule has 1 aliphatic carbocycles. The number of hydrogen-bond donors (Lipinski definition) is 1. The number of anilines is 2. The average molecular weight is 479 g/mol. The maximum atomic E-state index is 12.5. The van der Waals surface area contributed by atoms with Gasteiger partial charge in [-0.1, -0.05) is 29.8 Å². The summed E-state index contributed by atoms with van der Waals surface area (Å²) in [6.45, 7) is 2.87. The molecular weight excluding hydrogens is 448 g/mol. The highest BCUT2D eigenvalue weighted by molar-refractivity contribution is 7.90. The summed E-state index contributed by atoms with van der Waals surface area (Å²) >= 11 is 0. The van der Waals surface area contributed by atoms with Crippen molar-refractivity contribution in [2.45, 2.75) is 25.5 Å². The van der Waals surface area contributed by atoms with E-state index in [1.807, 2.05) is 55.4 Å². The molecule has 0 aliphatic heterocycles. The first-order valence-electron chi connectivity index (χ1n) is 11.3. The minimum Gasteiger partial charge on any atom is -0.439 e. The van der Waals surface area contributed by atoms with E-state index >= 15 is 0 Å². The van der Waals surface area contributed by atoms with Crippen LogP contribution in [0.4, 0.5) is 11.6 Å².